The molecule has 3 rings (SSSR count). The second-order valence-corrected chi connectivity index (χ2v) is 7.11. The van der Waals surface area contributed by atoms with Crippen molar-refractivity contribution in [2.45, 2.75) is 25.9 Å². The zero-order valence-corrected chi connectivity index (χ0v) is 14.1. The molecule has 3 heterocycles. The van der Waals surface area contributed by atoms with E-state index >= 15 is 0 Å². The van der Waals surface area contributed by atoms with Crippen LogP contribution in [-0.4, -0.2) is 35.0 Å². The van der Waals surface area contributed by atoms with E-state index in [0.29, 0.717) is 11.4 Å². The Bertz CT molecular complexity index is 695. The Morgan fingerprint density at radius 2 is 2.25 bits per heavy atom. The second-order valence-electron chi connectivity index (χ2n) is 5.94. The molecule has 2 N–H and O–H groups in total. The summed E-state index contributed by atoms with van der Waals surface area (Å²) in [5, 5.41) is 11.9. The number of hydrogen-bond acceptors (Lipinski definition) is 5. The van der Waals surface area contributed by atoms with Crippen LogP contribution in [0.2, 0.25) is 0 Å². The number of hydrogen-bond donors (Lipinski definition) is 2. The highest BCUT2D eigenvalue weighted by Gasteiger charge is 2.26. The lowest BCUT2D eigenvalue weighted by molar-refractivity contribution is -0.127. The third-order valence-electron chi connectivity index (χ3n) is 4.15. The number of likely N-dealkylation sites (tertiary alicyclic amines) is 1. The Morgan fingerprint density at radius 1 is 1.38 bits per heavy atom. The van der Waals surface area contributed by atoms with Crippen LogP contribution >= 0.6 is 11.3 Å². The van der Waals surface area contributed by atoms with Crippen molar-refractivity contribution < 1.29 is 19.1 Å². The lowest BCUT2D eigenvalue weighted by atomic mass is 9.97. The van der Waals surface area contributed by atoms with E-state index in [4.69, 9.17) is 9.52 Å². The molecule has 1 aliphatic rings. The van der Waals surface area contributed by atoms with E-state index in [0.717, 1.165) is 43.1 Å². The smallest absolute Gasteiger partial charge is 0.345 e. The van der Waals surface area contributed by atoms with Gasteiger partial charge in [-0.1, -0.05) is 0 Å². The molecule has 0 bridgehead atoms. The van der Waals surface area contributed by atoms with E-state index < -0.39 is 5.97 Å². The fourth-order valence-corrected chi connectivity index (χ4v) is 3.73. The molecule has 0 aromatic carbocycles. The molecule has 1 saturated heterocycles. The summed E-state index contributed by atoms with van der Waals surface area (Å²) in [6, 6.07) is 7.13. The SMILES string of the molecule is O=C(O)c1ccc(CNC(=O)[C@H]2CCCN(Cc3ccco3)C2)s1. The fraction of sp³-hybridized carbons (Fsp3) is 0.412. The van der Waals surface area contributed by atoms with Crippen LogP contribution < -0.4 is 5.32 Å². The van der Waals surface area contributed by atoms with Crippen LogP contribution in [0.4, 0.5) is 0 Å². The molecule has 0 spiro atoms. The van der Waals surface area contributed by atoms with Gasteiger partial charge in [-0.3, -0.25) is 9.69 Å². The number of carboxylic acids is 1. The van der Waals surface area contributed by atoms with E-state index in [1.165, 1.54) is 11.3 Å². The van der Waals surface area contributed by atoms with Gasteiger partial charge in [0.15, 0.2) is 0 Å². The molecule has 1 aliphatic heterocycles. The summed E-state index contributed by atoms with van der Waals surface area (Å²) < 4.78 is 5.37. The van der Waals surface area contributed by atoms with Crippen molar-refractivity contribution in [1.29, 1.82) is 0 Å². The highest BCUT2D eigenvalue weighted by atomic mass is 32.1. The molecule has 0 aliphatic carbocycles. The quantitative estimate of drug-likeness (QED) is 0.838. The Hall–Kier alpha value is -2.12. The minimum Gasteiger partial charge on any atom is -0.477 e. The van der Waals surface area contributed by atoms with Gasteiger partial charge in [0.05, 0.1) is 25.3 Å². The van der Waals surface area contributed by atoms with Gasteiger partial charge >= 0.3 is 5.97 Å². The van der Waals surface area contributed by atoms with Crippen LogP contribution in [0, 0.1) is 5.92 Å². The highest BCUT2D eigenvalue weighted by Crippen LogP contribution is 2.20. The maximum atomic E-state index is 12.4. The van der Waals surface area contributed by atoms with E-state index in [1.807, 2.05) is 12.1 Å². The molecule has 7 heteroatoms. The molecular formula is C17H20N2O4S. The number of thiophene rings is 1. The molecule has 1 atom stereocenters. The van der Waals surface area contributed by atoms with Gasteiger partial charge in [0.2, 0.25) is 5.91 Å². The lowest BCUT2D eigenvalue weighted by Gasteiger charge is -2.31. The maximum absolute atomic E-state index is 12.4. The van der Waals surface area contributed by atoms with Crippen molar-refractivity contribution in [3.8, 4) is 0 Å². The van der Waals surface area contributed by atoms with Crippen molar-refractivity contribution in [1.82, 2.24) is 10.2 Å². The van der Waals surface area contributed by atoms with Crippen LogP contribution in [0.5, 0.6) is 0 Å². The van der Waals surface area contributed by atoms with Crippen LogP contribution in [-0.2, 0) is 17.9 Å². The van der Waals surface area contributed by atoms with Crippen molar-refractivity contribution >= 4 is 23.2 Å². The number of nitrogens with one attached hydrogen (secondary N) is 1. The fourth-order valence-electron chi connectivity index (χ4n) is 2.94. The molecule has 1 amide bonds. The van der Waals surface area contributed by atoms with Gasteiger partial charge in [-0.05, 0) is 43.7 Å². The summed E-state index contributed by atoms with van der Waals surface area (Å²) in [6.07, 6.45) is 3.53. The van der Waals surface area contributed by atoms with Gasteiger partial charge in [0, 0.05) is 11.4 Å². The molecule has 2 aromatic heterocycles. The zero-order chi connectivity index (χ0) is 16.9. The van der Waals surface area contributed by atoms with Crippen LogP contribution in [0.1, 0.15) is 33.2 Å². The summed E-state index contributed by atoms with van der Waals surface area (Å²) in [5.74, 6) is -0.0219. The molecule has 24 heavy (non-hydrogen) atoms. The minimum absolute atomic E-state index is 0.0319. The van der Waals surface area contributed by atoms with Crippen molar-refractivity contribution in [3.63, 3.8) is 0 Å². The Balaban J connectivity index is 1.49. The monoisotopic (exact) mass is 348 g/mol. The normalized spacial score (nSPS) is 18.4. The molecule has 0 unspecified atom stereocenters. The van der Waals surface area contributed by atoms with Crippen LogP contribution in [0.15, 0.2) is 34.9 Å². The second kappa shape index (κ2) is 7.63. The first-order valence-corrected chi connectivity index (χ1v) is 8.78. The molecule has 0 radical (unpaired) electrons. The van der Waals surface area contributed by atoms with E-state index in [2.05, 4.69) is 10.2 Å². The van der Waals surface area contributed by atoms with Gasteiger partial charge in [0.1, 0.15) is 10.6 Å². The summed E-state index contributed by atoms with van der Waals surface area (Å²) in [6.45, 7) is 2.80. The highest BCUT2D eigenvalue weighted by molar-refractivity contribution is 7.13. The number of piperidine rings is 1. The Labute approximate surface area is 144 Å². The molecule has 6 nitrogen and oxygen atoms in total. The lowest BCUT2D eigenvalue weighted by Crippen LogP contribution is -2.42. The Kier molecular flexibility index (Phi) is 5.32. The number of carbonyl (C=O) groups excluding carboxylic acids is 1. The number of aromatic carboxylic acids is 1. The standard InChI is InChI=1S/C17H20N2O4S/c20-16(18-9-14-5-6-15(24-14)17(21)22)12-3-1-7-19(10-12)11-13-4-2-8-23-13/h2,4-6,8,12H,1,3,7,9-11H2,(H,18,20)(H,21,22)/t12-/m0/s1. The van der Waals surface area contributed by atoms with E-state index in [9.17, 15) is 9.59 Å². The third-order valence-corrected chi connectivity index (χ3v) is 5.22. The molecule has 0 saturated carbocycles. The first kappa shape index (κ1) is 16.7. The topological polar surface area (TPSA) is 82.8 Å². The molecule has 1 fully saturated rings. The summed E-state index contributed by atoms with van der Waals surface area (Å²) in [5.41, 5.74) is 0. The maximum Gasteiger partial charge on any atom is 0.345 e. The largest absolute Gasteiger partial charge is 0.477 e. The van der Waals surface area contributed by atoms with Crippen LogP contribution in [0.3, 0.4) is 0 Å². The van der Waals surface area contributed by atoms with Crippen molar-refractivity contribution in [3.05, 3.63) is 46.0 Å². The van der Waals surface area contributed by atoms with E-state index in [-0.39, 0.29) is 11.8 Å². The number of amides is 1. The number of nitrogens with zero attached hydrogens (tertiary/aromatic N) is 1. The number of furan rings is 1. The van der Waals surface area contributed by atoms with Gasteiger partial charge in [-0.25, -0.2) is 4.79 Å². The first-order valence-electron chi connectivity index (χ1n) is 7.96. The third kappa shape index (κ3) is 4.24. The number of carbonyl (C=O) groups is 2. The Morgan fingerprint density at radius 3 is 2.96 bits per heavy atom. The number of rotatable bonds is 6. The minimum atomic E-state index is -0.932. The summed E-state index contributed by atoms with van der Waals surface area (Å²) in [4.78, 5) is 26.6. The summed E-state index contributed by atoms with van der Waals surface area (Å²) >= 11 is 1.20. The molecular weight excluding hydrogens is 328 g/mol. The average molecular weight is 348 g/mol. The molecule has 2 aromatic rings. The van der Waals surface area contributed by atoms with Crippen molar-refractivity contribution in [2.24, 2.45) is 5.92 Å². The zero-order valence-electron chi connectivity index (χ0n) is 13.2. The average Bonchev–Trinajstić information content (AvgIpc) is 3.24. The van der Waals surface area contributed by atoms with Gasteiger partial charge < -0.3 is 14.8 Å². The predicted molar refractivity (Wildman–Crippen MR) is 89.8 cm³/mol. The van der Waals surface area contributed by atoms with Gasteiger partial charge in [-0.2, -0.15) is 0 Å². The molecule has 128 valence electrons. The van der Waals surface area contributed by atoms with Gasteiger partial charge in [-0.15, -0.1) is 11.3 Å². The summed E-state index contributed by atoms with van der Waals surface area (Å²) in [7, 11) is 0. The number of carboxylic acid groups (broad SMARTS) is 1. The van der Waals surface area contributed by atoms with Crippen molar-refractivity contribution in [2.75, 3.05) is 13.1 Å². The van der Waals surface area contributed by atoms with Crippen LogP contribution in [0.25, 0.3) is 0 Å². The predicted octanol–water partition coefficient (Wildman–Crippen LogP) is 2.57. The van der Waals surface area contributed by atoms with Gasteiger partial charge in [0.25, 0.3) is 0 Å². The first-order chi connectivity index (χ1) is 11.6. The van der Waals surface area contributed by atoms with E-state index in [1.54, 1.807) is 18.4 Å².